The molecule has 0 aromatic heterocycles. The van der Waals surface area contributed by atoms with Crippen LogP contribution >= 0.6 is 0 Å². The van der Waals surface area contributed by atoms with Crippen molar-refractivity contribution in [3.05, 3.63) is 59.7 Å². The third-order valence-corrected chi connectivity index (χ3v) is 4.51. The lowest BCUT2D eigenvalue weighted by molar-refractivity contribution is 0.0615. The van der Waals surface area contributed by atoms with Gasteiger partial charge in [0.1, 0.15) is 11.4 Å². The highest BCUT2D eigenvalue weighted by molar-refractivity contribution is 6.02. The summed E-state index contributed by atoms with van der Waals surface area (Å²) in [5.41, 5.74) is 1.99. The minimum Gasteiger partial charge on any atom is -0.493 e. The first-order chi connectivity index (χ1) is 11.4. The van der Waals surface area contributed by atoms with Crippen LogP contribution in [0.25, 0.3) is 0 Å². The summed E-state index contributed by atoms with van der Waals surface area (Å²) < 4.78 is 5.75. The summed E-state index contributed by atoms with van der Waals surface area (Å²) in [4.78, 5) is 14.5. The zero-order valence-corrected chi connectivity index (χ0v) is 14.7. The number of nitrogens with zero attached hydrogens (tertiary/aromatic N) is 1. The Bertz CT molecular complexity index is 740. The average molecular weight is 324 g/mol. The lowest BCUT2D eigenvalue weighted by Gasteiger charge is -2.44. The van der Waals surface area contributed by atoms with Gasteiger partial charge in [0, 0.05) is 12.7 Å². The van der Waals surface area contributed by atoms with Crippen LogP contribution < -0.4 is 10.1 Å². The number of nitrogens with one attached hydrogen (secondary N) is 1. The molecular formula is C20H24N2O2. The molecule has 1 amide bonds. The first kappa shape index (κ1) is 16.4. The lowest BCUT2D eigenvalue weighted by Crippen LogP contribution is -2.53. The molecule has 0 aliphatic carbocycles. The van der Waals surface area contributed by atoms with E-state index in [4.69, 9.17) is 4.74 Å². The Morgan fingerprint density at radius 2 is 1.79 bits per heavy atom. The molecule has 2 aromatic rings. The summed E-state index contributed by atoms with van der Waals surface area (Å²) in [6.07, 6.45) is 0. The molecule has 4 heteroatoms. The zero-order valence-electron chi connectivity index (χ0n) is 14.7. The maximum Gasteiger partial charge on any atom is 0.257 e. The smallest absolute Gasteiger partial charge is 0.257 e. The molecule has 24 heavy (non-hydrogen) atoms. The highest BCUT2D eigenvalue weighted by Crippen LogP contribution is 2.37. The lowest BCUT2D eigenvalue weighted by atomic mass is 9.94. The molecule has 126 valence electrons. The zero-order chi connectivity index (χ0) is 17.3. The summed E-state index contributed by atoms with van der Waals surface area (Å²) in [7, 11) is 1.83. The fourth-order valence-corrected chi connectivity index (χ4v) is 2.91. The van der Waals surface area contributed by atoms with Gasteiger partial charge >= 0.3 is 0 Å². The van der Waals surface area contributed by atoms with Crippen LogP contribution in [0.3, 0.4) is 0 Å². The van der Waals surface area contributed by atoms with Crippen LogP contribution in [0.2, 0.25) is 0 Å². The molecule has 2 aromatic carbocycles. The number of ether oxygens (including phenoxy) is 1. The number of benzene rings is 2. The van der Waals surface area contributed by atoms with Gasteiger partial charge in [-0.15, -0.1) is 0 Å². The van der Waals surface area contributed by atoms with Gasteiger partial charge in [0.15, 0.2) is 0 Å². The highest BCUT2D eigenvalue weighted by atomic mass is 16.5. The van der Waals surface area contributed by atoms with Crippen molar-refractivity contribution in [2.24, 2.45) is 5.92 Å². The predicted molar refractivity (Wildman–Crippen MR) is 96.3 cm³/mol. The van der Waals surface area contributed by atoms with Crippen LogP contribution in [0.4, 0.5) is 5.69 Å². The van der Waals surface area contributed by atoms with Gasteiger partial charge in [-0.3, -0.25) is 4.79 Å². The summed E-state index contributed by atoms with van der Waals surface area (Å²) in [6, 6.07) is 15.6. The van der Waals surface area contributed by atoms with Crippen LogP contribution in [-0.2, 0) is 5.66 Å². The van der Waals surface area contributed by atoms with Gasteiger partial charge in [0.05, 0.1) is 12.2 Å². The van der Waals surface area contributed by atoms with Gasteiger partial charge < -0.3 is 15.0 Å². The van der Waals surface area contributed by atoms with Gasteiger partial charge in [0.2, 0.25) is 0 Å². The van der Waals surface area contributed by atoms with Crippen LogP contribution in [0.1, 0.15) is 36.7 Å². The van der Waals surface area contributed by atoms with Crippen molar-refractivity contribution in [3.8, 4) is 5.75 Å². The van der Waals surface area contributed by atoms with Gasteiger partial charge in [-0.1, -0.05) is 38.1 Å². The van der Waals surface area contributed by atoms with E-state index in [9.17, 15) is 4.79 Å². The molecule has 3 rings (SSSR count). The number of amides is 1. The number of hydrogen-bond acceptors (Lipinski definition) is 3. The van der Waals surface area contributed by atoms with Crippen LogP contribution in [0, 0.1) is 5.92 Å². The van der Waals surface area contributed by atoms with Crippen molar-refractivity contribution in [1.29, 1.82) is 0 Å². The molecule has 0 saturated heterocycles. The molecule has 1 unspecified atom stereocenters. The van der Waals surface area contributed by atoms with Crippen molar-refractivity contribution in [3.63, 3.8) is 0 Å². The molecular weight excluding hydrogens is 300 g/mol. The number of para-hydroxylation sites is 1. The van der Waals surface area contributed by atoms with Gasteiger partial charge in [-0.05, 0) is 42.7 Å². The number of fused-ring (bicyclic) bond motifs is 1. The summed E-state index contributed by atoms with van der Waals surface area (Å²) in [5.74, 6) is 1.36. The van der Waals surface area contributed by atoms with E-state index < -0.39 is 5.66 Å². The Labute approximate surface area is 143 Å². The average Bonchev–Trinajstić information content (AvgIpc) is 2.58. The fraction of sp³-hybridized carbons (Fsp3) is 0.350. The molecule has 4 nitrogen and oxygen atoms in total. The minimum absolute atomic E-state index is 0.0204. The van der Waals surface area contributed by atoms with E-state index in [0.717, 1.165) is 17.0 Å². The van der Waals surface area contributed by atoms with Crippen molar-refractivity contribution < 1.29 is 9.53 Å². The quantitative estimate of drug-likeness (QED) is 0.921. The fourth-order valence-electron chi connectivity index (χ4n) is 2.91. The molecule has 1 N–H and O–H groups in total. The predicted octanol–water partition coefficient (Wildman–Crippen LogP) is 4.09. The topological polar surface area (TPSA) is 41.6 Å². The van der Waals surface area contributed by atoms with Crippen molar-refractivity contribution in [2.75, 3.05) is 19.0 Å². The largest absolute Gasteiger partial charge is 0.493 e. The second-order valence-electron chi connectivity index (χ2n) is 6.84. The Balaban J connectivity index is 1.89. The first-order valence-corrected chi connectivity index (χ1v) is 8.30. The molecule has 1 aliphatic heterocycles. The van der Waals surface area contributed by atoms with Crippen molar-refractivity contribution in [1.82, 2.24) is 4.90 Å². The second kappa shape index (κ2) is 6.19. The van der Waals surface area contributed by atoms with Crippen LogP contribution in [0.15, 0.2) is 48.5 Å². The number of anilines is 1. The maximum atomic E-state index is 12.7. The Kier molecular flexibility index (Phi) is 4.22. The third kappa shape index (κ3) is 2.84. The molecule has 0 spiro atoms. The molecule has 1 aliphatic rings. The summed E-state index contributed by atoms with van der Waals surface area (Å²) in [6.45, 7) is 6.96. The van der Waals surface area contributed by atoms with E-state index in [1.165, 1.54) is 0 Å². The molecule has 1 heterocycles. The first-order valence-electron chi connectivity index (χ1n) is 8.30. The van der Waals surface area contributed by atoms with E-state index in [0.29, 0.717) is 18.1 Å². The van der Waals surface area contributed by atoms with Gasteiger partial charge in [-0.25, -0.2) is 0 Å². The summed E-state index contributed by atoms with van der Waals surface area (Å²) in [5, 5.41) is 3.50. The maximum absolute atomic E-state index is 12.7. The van der Waals surface area contributed by atoms with Gasteiger partial charge in [-0.2, -0.15) is 0 Å². The highest BCUT2D eigenvalue weighted by Gasteiger charge is 2.40. The second-order valence-corrected chi connectivity index (χ2v) is 6.84. The van der Waals surface area contributed by atoms with E-state index >= 15 is 0 Å². The van der Waals surface area contributed by atoms with E-state index in [1.54, 1.807) is 4.90 Å². The van der Waals surface area contributed by atoms with Crippen molar-refractivity contribution in [2.45, 2.75) is 26.4 Å². The Morgan fingerprint density at radius 1 is 1.12 bits per heavy atom. The minimum atomic E-state index is -0.595. The molecule has 0 saturated carbocycles. The number of carbonyl (C=O) groups excluding carboxylic acids is 1. The van der Waals surface area contributed by atoms with Crippen LogP contribution in [-0.4, -0.2) is 24.5 Å². The Morgan fingerprint density at radius 3 is 2.46 bits per heavy atom. The van der Waals surface area contributed by atoms with Gasteiger partial charge in [0.25, 0.3) is 5.91 Å². The third-order valence-electron chi connectivity index (χ3n) is 4.51. The molecule has 0 fully saturated rings. The van der Waals surface area contributed by atoms with E-state index in [1.807, 2.05) is 62.5 Å². The molecule has 0 bridgehead atoms. The molecule has 0 radical (unpaired) electrons. The monoisotopic (exact) mass is 324 g/mol. The number of rotatable bonds is 4. The SMILES string of the molecule is CC(C)COc1ccc(C2(C)Nc3ccccc3C(=O)N2C)cc1. The number of hydrogen-bond donors (Lipinski definition) is 1. The standard InChI is InChI=1S/C20H24N2O2/c1-14(2)13-24-16-11-9-15(10-12-16)20(3)21-18-8-6-5-7-17(18)19(23)22(20)4/h5-12,14,21H,13H2,1-4H3. The summed E-state index contributed by atoms with van der Waals surface area (Å²) >= 11 is 0. The van der Waals surface area contributed by atoms with E-state index in [2.05, 4.69) is 19.2 Å². The molecule has 1 atom stereocenters. The van der Waals surface area contributed by atoms with Crippen LogP contribution in [0.5, 0.6) is 5.75 Å². The number of carbonyl (C=O) groups is 1. The Hall–Kier alpha value is -2.49. The normalized spacial score (nSPS) is 19.9. The van der Waals surface area contributed by atoms with Crippen molar-refractivity contribution >= 4 is 11.6 Å². The van der Waals surface area contributed by atoms with E-state index in [-0.39, 0.29) is 5.91 Å².